The van der Waals surface area contributed by atoms with Gasteiger partial charge in [-0.2, -0.15) is 0 Å². The van der Waals surface area contributed by atoms with Crippen LogP contribution in [0, 0.1) is 0 Å². The number of aliphatic hydroxyl groups is 1. The molecule has 5 heteroatoms. The van der Waals surface area contributed by atoms with Crippen molar-refractivity contribution in [1.29, 1.82) is 0 Å². The molecule has 1 heterocycles. The van der Waals surface area contributed by atoms with Crippen molar-refractivity contribution in [3.8, 4) is 0 Å². The molecule has 2 aromatic rings. The Bertz CT molecular complexity index is 772. The van der Waals surface area contributed by atoms with Crippen molar-refractivity contribution in [3.05, 3.63) is 72.3 Å². The fourth-order valence-electron chi connectivity index (χ4n) is 3.50. The molecule has 4 atom stereocenters. The van der Waals surface area contributed by atoms with E-state index in [1.54, 1.807) is 0 Å². The summed E-state index contributed by atoms with van der Waals surface area (Å²) in [7, 11) is -1.32. The van der Waals surface area contributed by atoms with E-state index in [1.807, 2.05) is 72.8 Å². The minimum atomic E-state index is -1.32. The van der Waals surface area contributed by atoms with Crippen molar-refractivity contribution in [1.82, 2.24) is 0 Å². The molecule has 4 unspecified atom stereocenters. The third-order valence-corrected chi connectivity index (χ3v) is 6.92. The smallest absolute Gasteiger partial charge is 0.157 e. The van der Waals surface area contributed by atoms with Crippen LogP contribution in [-0.2, 0) is 20.3 Å². The number of benzene rings is 2. The average molecular weight is 429 g/mol. The fraction of sp³-hybridized carbons (Fsp3) is 0.440. The molecule has 162 valence electrons. The SMILES string of the molecule is O=S(c1ccccc1)C(C=Cc1ccccc1)C(O)CCCCOC1CCCCO1. The molecule has 3 rings (SSSR count). The Morgan fingerprint density at radius 3 is 2.50 bits per heavy atom. The van der Waals surface area contributed by atoms with Crippen molar-refractivity contribution in [2.24, 2.45) is 0 Å². The van der Waals surface area contributed by atoms with Gasteiger partial charge in [-0.1, -0.05) is 60.7 Å². The lowest BCUT2D eigenvalue weighted by Gasteiger charge is -2.23. The van der Waals surface area contributed by atoms with Gasteiger partial charge in [0.25, 0.3) is 0 Å². The normalized spacial score (nSPS) is 20.1. The lowest BCUT2D eigenvalue weighted by Crippen LogP contribution is -2.29. The maximum atomic E-state index is 13.2. The van der Waals surface area contributed by atoms with E-state index in [2.05, 4.69) is 0 Å². The minimum Gasteiger partial charge on any atom is -0.392 e. The van der Waals surface area contributed by atoms with Crippen LogP contribution < -0.4 is 0 Å². The summed E-state index contributed by atoms with van der Waals surface area (Å²) in [5, 5.41) is 10.4. The van der Waals surface area contributed by atoms with Crippen molar-refractivity contribution in [2.45, 2.75) is 61.1 Å². The molecule has 2 aromatic carbocycles. The van der Waals surface area contributed by atoms with Crippen molar-refractivity contribution >= 4 is 16.9 Å². The van der Waals surface area contributed by atoms with Gasteiger partial charge in [0.2, 0.25) is 0 Å². The highest BCUT2D eigenvalue weighted by atomic mass is 32.2. The fourth-order valence-corrected chi connectivity index (χ4v) is 4.88. The number of hydrogen-bond donors (Lipinski definition) is 1. The van der Waals surface area contributed by atoms with Crippen LogP contribution in [0.2, 0.25) is 0 Å². The predicted octanol–water partition coefficient (Wildman–Crippen LogP) is 4.95. The Labute approximate surface area is 182 Å². The highest BCUT2D eigenvalue weighted by Crippen LogP contribution is 2.20. The number of rotatable bonds is 11. The van der Waals surface area contributed by atoms with E-state index in [9.17, 15) is 9.32 Å². The van der Waals surface area contributed by atoms with Crippen LogP contribution in [-0.4, -0.2) is 40.2 Å². The molecular weight excluding hydrogens is 396 g/mol. The van der Waals surface area contributed by atoms with Crippen LogP contribution in [0.1, 0.15) is 44.1 Å². The lowest BCUT2D eigenvalue weighted by atomic mass is 10.1. The Balaban J connectivity index is 1.55. The summed E-state index contributed by atoms with van der Waals surface area (Å²) in [5.74, 6) is 0. The van der Waals surface area contributed by atoms with Gasteiger partial charge < -0.3 is 14.6 Å². The summed E-state index contributed by atoms with van der Waals surface area (Å²) in [6, 6.07) is 19.3. The minimum absolute atomic E-state index is 0.0733. The Hall–Kier alpha value is -1.79. The number of unbranched alkanes of at least 4 members (excludes halogenated alkanes) is 1. The topological polar surface area (TPSA) is 55.8 Å². The van der Waals surface area contributed by atoms with Crippen molar-refractivity contribution < 1.29 is 18.8 Å². The van der Waals surface area contributed by atoms with E-state index >= 15 is 0 Å². The highest BCUT2D eigenvalue weighted by molar-refractivity contribution is 7.86. The zero-order valence-electron chi connectivity index (χ0n) is 17.4. The molecular formula is C25H32O4S. The van der Waals surface area contributed by atoms with Gasteiger partial charge in [0.05, 0.1) is 22.2 Å². The molecule has 1 aliphatic rings. The van der Waals surface area contributed by atoms with Crippen LogP contribution in [0.25, 0.3) is 6.08 Å². The monoisotopic (exact) mass is 428 g/mol. The molecule has 1 saturated heterocycles. The molecule has 0 amide bonds. The van der Waals surface area contributed by atoms with Crippen LogP contribution >= 0.6 is 0 Å². The molecule has 0 radical (unpaired) electrons. The first-order chi connectivity index (χ1) is 14.7. The summed E-state index contributed by atoms with van der Waals surface area (Å²) in [6.07, 6.45) is 8.55. The summed E-state index contributed by atoms with van der Waals surface area (Å²) >= 11 is 0. The van der Waals surface area contributed by atoms with Gasteiger partial charge in [0, 0.05) is 18.1 Å². The first-order valence-electron chi connectivity index (χ1n) is 10.8. The number of ether oxygens (including phenoxy) is 2. The second kappa shape index (κ2) is 12.8. The van der Waals surface area contributed by atoms with E-state index in [-0.39, 0.29) is 6.29 Å². The van der Waals surface area contributed by atoms with Gasteiger partial charge in [-0.05, 0) is 56.2 Å². The summed E-state index contributed by atoms with van der Waals surface area (Å²) in [6.45, 7) is 1.41. The van der Waals surface area contributed by atoms with Gasteiger partial charge in [0.1, 0.15) is 0 Å². The maximum Gasteiger partial charge on any atom is 0.157 e. The molecule has 4 nitrogen and oxygen atoms in total. The maximum absolute atomic E-state index is 13.2. The predicted molar refractivity (Wildman–Crippen MR) is 122 cm³/mol. The zero-order chi connectivity index (χ0) is 21.0. The van der Waals surface area contributed by atoms with Crippen molar-refractivity contribution in [3.63, 3.8) is 0 Å². The van der Waals surface area contributed by atoms with Gasteiger partial charge in [-0.15, -0.1) is 0 Å². The molecule has 1 aliphatic heterocycles. The third-order valence-electron chi connectivity index (χ3n) is 5.22. The summed E-state index contributed by atoms with van der Waals surface area (Å²) in [4.78, 5) is 0.733. The zero-order valence-corrected chi connectivity index (χ0v) is 18.2. The van der Waals surface area contributed by atoms with Gasteiger partial charge in [0.15, 0.2) is 6.29 Å². The standard InChI is InChI=1S/C25H32O4S/c26-23(15-7-9-19-28-25-16-8-10-20-29-25)24(18-17-21-11-3-1-4-12-21)30(27)22-13-5-2-6-14-22/h1-6,11-14,17-18,23-26H,7-10,15-16,19-20H2. The van der Waals surface area contributed by atoms with E-state index < -0.39 is 22.2 Å². The second-order valence-corrected chi connectivity index (χ2v) is 9.19. The van der Waals surface area contributed by atoms with Crippen LogP contribution in [0.15, 0.2) is 71.6 Å². The molecule has 0 saturated carbocycles. The largest absolute Gasteiger partial charge is 0.392 e. The van der Waals surface area contributed by atoms with Gasteiger partial charge >= 0.3 is 0 Å². The highest BCUT2D eigenvalue weighted by Gasteiger charge is 2.24. The first kappa shape index (κ1) is 22.9. The van der Waals surface area contributed by atoms with Crippen LogP contribution in [0.4, 0.5) is 0 Å². The number of hydrogen-bond acceptors (Lipinski definition) is 4. The van der Waals surface area contributed by atoms with Gasteiger partial charge in [-0.3, -0.25) is 4.21 Å². The Morgan fingerprint density at radius 2 is 1.80 bits per heavy atom. The lowest BCUT2D eigenvalue weighted by molar-refractivity contribution is -0.162. The van der Waals surface area contributed by atoms with E-state index in [0.29, 0.717) is 13.0 Å². The van der Waals surface area contributed by atoms with Crippen molar-refractivity contribution in [2.75, 3.05) is 13.2 Å². The molecule has 0 aliphatic carbocycles. The molecule has 1 fully saturated rings. The second-order valence-electron chi connectivity index (χ2n) is 7.57. The van der Waals surface area contributed by atoms with Gasteiger partial charge in [-0.25, -0.2) is 0 Å². The summed E-state index contributed by atoms with van der Waals surface area (Å²) in [5.41, 5.74) is 1.03. The first-order valence-corrected chi connectivity index (χ1v) is 12.1. The molecule has 0 bridgehead atoms. The van der Waals surface area contributed by atoms with E-state index in [0.717, 1.165) is 49.2 Å². The molecule has 0 aromatic heterocycles. The quantitative estimate of drug-likeness (QED) is 0.515. The third kappa shape index (κ3) is 7.47. The molecule has 1 N–H and O–H groups in total. The summed E-state index contributed by atoms with van der Waals surface area (Å²) < 4.78 is 24.5. The van der Waals surface area contributed by atoms with E-state index in [4.69, 9.17) is 9.47 Å². The Kier molecular flexibility index (Phi) is 9.77. The molecule has 30 heavy (non-hydrogen) atoms. The molecule has 0 spiro atoms. The average Bonchev–Trinajstić information content (AvgIpc) is 2.81. The van der Waals surface area contributed by atoms with E-state index in [1.165, 1.54) is 0 Å². The Morgan fingerprint density at radius 1 is 1.07 bits per heavy atom. The number of aliphatic hydroxyl groups excluding tert-OH is 1. The van der Waals surface area contributed by atoms with Crippen LogP contribution in [0.3, 0.4) is 0 Å². The van der Waals surface area contributed by atoms with Crippen LogP contribution in [0.5, 0.6) is 0 Å².